The van der Waals surface area contributed by atoms with Crippen molar-refractivity contribution >= 4 is 17.5 Å². The van der Waals surface area contributed by atoms with Crippen LogP contribution < -0.4 is 15.4 Å². The SMILES string of the molecule is CC(=O)Nc1ccc(C(=O)NC2CCOc3ccccc32)cc1. The van der Waals surface area contributed by atoms with Gasteiger partial charge in [0, 0.05) is 30.2 Å². The second kappa shape index (κ2) is 6.52. The van der Waals surface area contributed by atoms with Crippen LogP contribution in [0.2, 0.25) is 0 Å². The molecule has 2 amide bonds. The first-order valence-corrected chi connectivity index (χ1v) is 7.54. The predicted octanol–water partition coefficient (Wildman–Crippen LogP) is 2.90. The number of benzene rings is 2. The van der Waals surface area contributed by atoms with Gasteiger partial charge >= 0.3 is 0 Å². The molecule has 2 N–H and O–H groups in total. The summed E-state index contributed by atoms with van der Waals surface area (Å²) < 4.78 is 5.60. The molecule has 0 aliphatic carbocycles. The van der Waals surface area contributed by atoms with Crippen molar-refractivity contribution in [2.24, 2.45) is 0 Å². The number of anilines is 1. The highest BCUT2D eigenvalue weighted by molar-refractivity contribution is 5.95. The monoisotopic (exact) mass is 310 g/mol. The molecule has 0 aromatic heterocycles. The smallest absolute Gasteiger partial charge is 0.251 e. The lowest BCUT2D eigenvalue weighted by molar-refractivity contribution is -0.114. The lowest BCUT2D eigenvalue weighted by atomic mass is 10.00. The van der Waals surface area contributed by atoms with Crippen molar-refractivity contribution < 1.29 is 14.3 Å². The standard InChI is InChI=1S/C18H18N2O3/c1-12(21)19-14-8-6-13(7-9-14)18(22)20-16-10-11-23-17-5-3-2-4-15(16)17/h2-9,16H,10-11H2,1H3,(H,19,21)(H,20,22). The molecule has 1 aliphatic rings. The molecule has 0 radical (unpaired) electrons. The van der Waals surface area contributed by atoms with Crippen LogP contribution in [0.4, 0.5) is 5.69 Å². The largest absolute Gasteiger partial charge is 0.493 e. The Morgan fingerprint density at radius 1 is 1.09 bits per heavy atom. The van der Waals surface area contributed by atoms with Gasteiger partial charge in [-0.2, -0.15) is 0 Å². The van der Waals surface area contributed by atoms with Gasteiger partial charge in [0.2, 0.25) is 5.91 Å². The summed E-state index contributed by atoms with van der Waals surface area (Å²) in [5, 5.41) is 5.72. The highest BCUT2D eigenvalue weighted by atomic mass is 16.5. The van der Waals surface area contributed by atoms with Crippen molar-refractivity contribution in [1.29, 1.82) is 0 Å². The van der Waals surface area contributed by atoms with E-state index in [1.165, 1.54) is 6.92 Å². The number of hydrogen-bond acceptors (Lipinski definition) is 3. The molecule has 2 aromatic rings. The highest BCUT2D eigenvalue weighted by Crippen LogP contribution is 2.31. The molecule has 3 rings (SSSR count). The van der Waals surface area contributed by atoms with E-state index < -0.39 is 0 Å². The van der Waals surface area contributed by atoms with Crippen LogP contribution in [0.5, 0.6) is 5.75 Å². The average molecular weight is 310 g/mol. The van der Waals surface area contributed by atoms with Gasteiger partial charge < -0.3 is 15.4 Å². The van der Waals surface area contributed by atoms with Crippen molar-refractivity contribution in [3.63, 3.8) is 0 Å². The van der Waals surface area contributed by atoms with Gasteiger partial charge in [-0.1, -0.05) is 18.2 Å². The first-order valence-electron chi connectivity index (χ1n) is 7.54. The summed E-state index contributed by atoms with van der Waals surface area (Å²) in [4.78, 5) is 23.4. The van der Waals surface area contributed by atoms with Crippen molar-refractivity contribution in [3.8, 4) is 5.75 Å². The summed E-state index contributed by atoms with van der Waals surface area (Å²) in [6.45, 7) is 2.03. The number of nitrogens with one attached hydrogen (secondary N) is 2. The first-order chi connectivity index (χ1) is 11.1. The lowest BCUT2D eigenvalue weighted by Crippen LogP contribution is -2.32. The summed E-state index contributed by atoms with van der Waals surface area (Å²) in [6.07, 6.45) is 0.743. The Morgan fingerprint density at radius 3 is 2.57 bits per heavy atom. The van der Waals surface area contributed by atoms with E-state index in [4.69, 9.17) is 4.74 Å². The van der Waals surface area contributed by atoms with Crippen molar-refractivity contribution in [3.05, 3.63) is 59.7 Å². The highest BCUT2D eigenvalue weighted by Gasteiger charge is 2.22. The van der Waals surface area contributed by atoms with E-state index in [1.807, 2.05) is 24.3 Å². The third-order valence-corrected chi connectivity index (χ3v) is 3.73. The molecule has 1 heterocycles. The molecule has 2 aromatic carbocycles. The second-order valence-corrected chi connectivity index (χ2v) is 5.46. The number of ether oxygens (including phenoxy) is 1. The zero-order valence-corrected chi connectivity index (χ0v) is 12.8. The van der Waals surface area contributed by atoms with E-state index in [9.17, 15) is 9.59 Å². The zero-order chi connectivity index (χ0) is 16.2. The van der Waals surface area contributed by atoms with E-state index in [2.05, 4.69) is 10.6 Å². The Hall–Kier alpha value is -2.82. The van der Waals surface area contributed by atoms with Crippen LogP contribution in [0.3, 0.4) is 0 Å². The van der Waals surface area contributed by atoms with Gasteiger partial charge in [-0.05, 0) is 30.3 Å². The Kier molecular flexibility index (Phi) is 4.28. The van der Waals surface area contributed by atoms with Crippen molar-refractivity contribution in [2.75, 3.05) is 11.9 Å². The molecule has 23 heavy (non-hydrogen) atoms. The molecule has 118 valence electrons. The topological polar surface area (TPSA) is 67.4 Å². The zero-order valence-electron chi connectivity index (χ0n) is 12.8. The van der Waals surface area contributed by atoms with Crippen LogP contribution >= 0.6 is 0 Å². The van der Waals surface area contributed by atoms with Gasteiger partial charge in [0.05, 0.1) is 12.6 Å². The number of carbonyl (C=O) groups is 2. The molecule has 1 atom stereocenters. The molecule has 0 fully saturated rings. The van der Waals surface area contributed by atoms with Crippen LogP contribution in [-0.2, 0) is 4.79 Å². The second-order valence-electron chi connectivity index (χ2n) is 5.46. The molecular formula is C18H18N2O3. The molecule has 0 spiro atoms. The van der Waals surface area contributed by atoms with Crippen molar-refractivity contribution in [1.82, 2.24) is 5.32 Å². The fourth-order valence-corrected chi connectivity index (χ4v) is 2.64. The molecule has 5 heteroatoms. The lowest BCUT2D eigenvalue weighted by Gasteiger charge is -2.26. The summed E-state index contributed by atoms with van der Waals surface area (Å²) in [5.41, 5.74) is 2.23. The summed E-state index contributed by atoms with van der Waals surface area (Å²) in [6, 6.07) is 14.5. The van der Waals surface area contributed by atoms with Gasteiger partial charge in [0.25, 0.3) is 5.91 Å². The molecule has 1 aliphatic heterocycles. The maximum Gasteiger partial charge on any atom is 0.251 e. The molecule has 0 bridgehead atoms. The van der Waals surface area contributed by atoms with Crippen molar-refractivity contribution in [2.45, 2.75) is 19.4 Å². The van der Waals surface area contributed by atoms with E-state index in [0.717, 1.165) is 17.7 Å². The number of carbonyl (C=O) groups excluding carboxylic acids is 2. The fourth-order valence-electron chi connectivity index (χ4n) is 2.64. The Balaban J connectivity index is 1.71. The number of rotatable bonds is 3. The van der Waals surface area contributed by atoms with E-state index in [1.54, 1.807) is 24.3 Å². The number of fused-ring (bicyclic) bond motifs is 1. The molecule has 0 saturated heterocycles. The minimum atomic E-state index is -0.138. The average Bonchev–Trinajstić information content (AvgIpc) is 2.55. The maximum atomic E-state index is 12.4. The number of para-hydroxylation sites is 1. The molecule has 0 saturated carbocycles. The third kappa shape index (κ3) is 3.51. The normalized spacial score (nSPS) is 16.0. The Bertz CT molecular complexity index is 725. The van der Waals surface area contributed by atoms with E-state index in [0.29, 0.717) is 17.9 Å². The van der Waals surface area contributed by atoms with Crippen LogP contribution in [0.15, 0.2) is 48.5 Å². The fraction of sp³-hybridized carbons (Fsp3) is 0.222. The number of hydrogen-bond donors (Lipinski definition) is 2. The maximum absolute atomic E-state index is 12.4. The number of amides is 2. The van der Waals surface area contributed by atoms with Gasteiger partial charge in [0.15, 0.2) is 0 Å². The Morgan fingerprint density at radius 2 is 1.83 bits per heavy atom. The van der Waals surface area contributed by atoms with Gasteiger partial charge in [-0.3, -0.25) is 9.59 Å². The van der Waals surface area contributed by atoms with E-state index >= 15 is 0 Å². The van der Waals surface area contributed by atoms with Crippen LogP contribution in [0.25, 0.3) is 0 Å². The first kappa shape index (κ1) is 15.1. The Labute approximate surface area is 134 Å². The predicted molar refractivity (Wildman–Crippen MR) is 87.5 cm³/mol. The summed E-state index contributed by atoms with van der Waals surface area (Å²) >= 11 is 0. The summed E-state index contributed by atoms with van der Waals surface area (Å²) in [5.74, 6) is 0.548. The third-order valence-electron chi connectivity index (χ3n) is 3.73. The molecular weight excluding hydrogens is 292 g/mol. The summed E-state index contributed by atoms with van der Waals surface area (Å²) in [7, 11) is 0. The van der Waals surface area contributed by atoms with Gasteiger partial charge in [0.1, 0.15) is 5.75 Å². The van der Waals surface area contributed by atoms with Gasteiger partial charge in [-0.15, -0.1) is 0 Å². The molecule has 1 unspecified atom stereocenters. The minimum absolute atomic E-state index is 0.0533. The van der Waals surface area contributed by atoms with E-state index in [-0.39, 0.29) is 17.9 Å². The van der Waals surface area contributed by atoms with Crippen LogP contribution in [0, 0.1) is 0 Å². The van der Waals surface area contributed by atoms with Gasteiger partial charge in [-0.25, -0.2) is 0 Å². The van der Waals surface area contributed by atoms with Crippen LogP contribution in [-0.4, -0.2) is 18.4 Å². The van der Waals surface area contributed by atoms with Crippen LogP contribution in [0.1, 0.15) is 35.3 Å². The quantitative estimate of drug-likeness (QED) is 0.916. The molecule has 5 nitrogen and oxygen atoms in total. The minimum Gasteiger partial charge on any atom is -0.493 e.